The first kappa shape index (κ1) is 19.9. The monoisotopic (exact) mass is 417 g/mol. The van der Waals surface area contributed by atoms with Crippen LogP contribution in [0.15, 0.2) is 36.4 Å². The molecule has 154 valence electrons. The summed E-state index contributed by atoms with van der Waals surface area (Å²) in [5.41, 5.74) is 1.91. The zero-order chi connectivity index (χ0) is 20.4. The van der Waals surface area contributed by atoms with Gasteiger partial charge in [-0.15, -0.1) is 0 Å². The molecular weight excluding hydrogens is 394 g/mol. The number of halogens is 1. The van der Waals surface area contributed by atoms with Gasteiger partial charge in [-0.3, -0.25) is 9.69 Å². The smallest absolute Gasteiger partial charge is 0.307 e. The van der Waals surface area contributed by atoms with E-state index in [1.807, 2.05) is 43.3 Å². The van der Waals surface area contributed by atoms with Crippen LogP contribution in [0.2, 0.25) is 5.02 Å². The number of nitrogens with zero attached hydrogens (tertiary/aromatic N) is 1. The minimum absolute atomic E-state index is 0.202. The number of piperidine rings is 1. The number of fused-ring (bicyclic) bond motifs is 1. The number of carboxylic acids is 1. The quantitative estimate of drug-likeness (QED) is 0.753. The molecule has 4 rings (SSSR count). The molecule has 7 heteroatoms. The van der Waals surface area contributed by atoms with E-state index in [0.29, 0.717) is 36.1 Å². The second kappa shape index (κ2) is 8.51. The maximum Gasteiger partial charge on any atom is 0.307 e. The first-order valence-corrected chi connectivity index (χ1v) is 10.2. The molecule has 2 atom stereocenters. The Morgan fingerprint density at radius 2 is 2.10 bits per heavy atom. The number of hydrogen-bond donors (Lipinski definition) is 1. The van der Waals surface area contributed by atoms with E-state index < -0.39 is 11.9 Å². The lowest BCUT2D eigenvalue weighted by Gasteiger charge is -2.38. The lowest BCUT2D eigenvalue weighted by atomic mass is 9.91. The van der Waals surface area contributed by atoms with E-state index in [4.69, 9.17) is 25.8 Å². The summed E-state index contributed by atoms with van der Waals surface area (Å²) in [7, 11) is 0. The van der Waals surface area contributed by atoms with E-state index in [1.54, 1.807) is 0 Å². The number of carbonyl (C=O) groups is 1. The zero-order valence-electron chi connectivity index (χ0n) is 16.3. The van der Waals surface area contributed by atoms with E-state index in [9.17, 15) is 9.90 Å². The van der Waals surface area contributed by atoms with Crippen LogP contribution in [0.1, 0.15) is 36.9 Å². The Kier molecular flexibility index (Phi) is 5.83. The van der Waals surface area contributed by atoms with E-state index in [2.05, 4.69) is 4.90 Å². The molecule has 2 aromatic rings. The topological polar surface area (TPSA) is 68.2 Å². The molecule has 0 bridgehead atoms. The van der Waals surface area contributed by atoms with Crippen LogP contribution in [0.5, 0.6) is 17.2 Å². The second-order valence-corrected chi connectivity index (χ2v) is 7.74. The van der Waals surface area contributed by atoms with Crippen LogP contribution < -0.4 is 14.2 Å². The summed E-state index contributed by atoms with van der Waals surface area (Å²) in [6.45, 7) is 3.93. The van der Waals surface area contributed by atoms with Crippen molar-refractivity contribution in [3.05, 3.63) is 52.5 Å². The molecule has 1 saturated heterocycles. The van der Waals surface area contributed by atoms with Crippen LogP contribution in [-0.4, -0.2) is 42.5 Å². The van der Waals surface area contributed by atoms with Gasteiger partial charge >= 0.3 is 5.97 Å². The summed E-state index contributed by atoms with van der Waals surface area (Å²) in [4.78, 5) is 13.9. The van der Waals surface area contributed by atoms with Crippen LogP contribution >= 0.6 is 11.6 Å². The molecule has 0 aromatic heterocycles. The highest BCUT2D eigenvalue weighted by Gasteiger charge is 2.33. The Bertz CT molecular complexity index is 903. The van der Waals surface area contributed by atoms with Crippen molar-refractivity contribution >= 4 is 17.6 Å². The third-order valence-electron chi connectivity index (χ3n) is 5.45. The van der Waals surface area contributed by atoms with Crippen molar-refractivity contribution in [3.63, 3.8) is 0 Å². The zero-order valence-corrected chi connectivity index (χ0v) is 17.0. The van der Waals surface area contributed by atoms with Crippen molar-refractivity contribution in [1.29, 1.82) is 0 Å². The minimum atomic E-state index is -0.754. The summed E-state index contributed by atoms with van der Waals surface area (Å²) in [5.74, 6) is 1.01. The molecule has 0 aliphatic carbocycles. The van der Waals surface area contributed by atoms with Crippen LogP contribution in [0.25, 0.3) is 0 Å². The molecule has 0 amide bonds. The fourth-order valence-electron chi connectivity index (χ4n) is 4.13. The molecule has 2 heterocycles. The number of benzene rings is 2. The average molecular weight is 418 g/mol. The molecule has 2 aliphatic heterocycles. The Hall–Kier alpha value is -2.44. The van der Waals surface area contributed by atoms with Gasteiger partial charge in [-0.2, -0.15) is 0 Å². The van der Waals surface area contributed by atoms with E-state index in [-0.39, 0.29) is 12.8 Å². The summed E-state index contributed by atoms with van der Waals surface area (Å²) in [6, 6.07) is 11.3. The Balaban J connectivity index is 1.79. The highest BCUT2D eigenvalue weighted by molar-refractivity contribution is 6.30. The lowest BCUT2D eigenvalue weighted by molar-refractivity contribution is -0.143. The maximum atomic E-state index is 11.7. The molecule has 1 N–H and O–H groups in total. The summed E-state index contributed by atoms with van der Waals surface area (Å²) in [5, 5.41) is 10.2. The van der Waals surface area contributed by atoms with E-state index in [0.717, 1.165) is 29.8 Å². The second-order valence-electron chi connectivity index (χ2n) is 7.30. The van der Waals surface area contributed by atoms with Gasteiger partial charge in [0.05, 0.1) is 18.6 Å². The number of aliphatic carboxylic acids is 1. The van der Waals surface area contributed by atoms with Crippen LogP contribution in [0, 0.1) is 5.92 Å². The molecule has 2 unspecified atom stereocenters. The van der Waals surface area contributed by atoms with Gasteiger partial charge in [0.1, 0.15) is 5.75 Å². The summed E-state index contributed by atoms with van der Waals surface area (Å²) < 4.78 is 16.9. The molecule has 0 saturated carbocycles. The molecular formula is C22H24ClNO5. The summed E-state index contributed by atoms with van der Waals surface area (Å²) >= 11 is 6.35. The fraction of sp³-hybridized carbons (Fsp3) is 0.409. The SMILES string of the molecule is CCOc1ccc(Cl)cc1C(c1ccc2c(c1)OCO2)N1CCCC(C(=O)O)C1. The van der Waals surface area contributed by atoms with Crippen molar-refractivity contribution < 1.29 is 24.1 Å². The van der Waals surface area contributed by atoms with Crippen LogP contribution in [0.3, 0.4) is 0 Å². The van der Waals surface area contributed by atoms with Crippen LogP contribution in [-0.2, 0) is 4.79 Å². The van der Waals surface area contributed by atoms with Gasteiger partial charge in [0.25, 0.3) is 0 Å². The predicted octanol–water partition coefficient (Wildman–Crippen LogP) is 4.35. The standard InChI is InChI=1S/C22H24ClNO5/c1-2-27-18-8-6-16(23)11-17(18)21(24-9-3-4-15(12-24)22(25)26)14-5-7-19-20(10-14)29-13-28-19/h5-8,10-11,15,21H,2-4,9,12-13H2,1H3,(H,25,26). The minimum Gasteiger partial charge on any atom is -0.494 e. The Morgan fingerprint density at radius 3 is 2.90 bits per heavy atom. The van der Waals surface area contributed by atoms with Gasteiger partial charge in [-0.25, -0.2) is 0 Å². The van der Waals surface area contributed by atoms with Gasteiger partial charge in [-0.05, 0) is 62.2 Å². The normalized spacial score (nSPS) is 19.7. The first-order chi connectivity index (χ1) is 14.1. The number of hydrogen-bond acceptors (Lipinski definition) is 5. The van der Waals surface area contributed by atoms with Gasteiger partial charge < -0.3 is 19.3 Å². The van der Waals surface area contributed by atoms with Crippen LogP contribution in [0.4, 0.5) is 0 Å². The molecule has 0 radical (unpaired) electrons. The van der Waals surface area contributed by atoms with Crippen molar-refractivity contribution in [2.24, 2.45) is 5.92 Å². The molecule has 1 fully saturated rings. The number of likely N-dealkylation sites (tertiary alicyclic amines) is 1. The maximum absolute atomic E-state index is 11.7. The lowest BCUT2D eigenvalue weighted by Crippen LogP contribution is -2.41. The molecule has 29 heavy (non-hydrogen) atoms. The molecule has 6 nitrogen and oxygen atoms in total. The highest BCUT2D eigenvalue weighted by atomic mass is 35.5. The Labute approximate surface area is 174 Å². The Morgan fingerprint density at radius 1 is 1.28 bits per heavy atom. The van der Waals surface area contributed by atoms with Gasteiger partial charge in [0, 0.05) is 17.1 Å². The molecule has 0 spiro atoms. The van der Waals surface area contributed by atoms with Crippen molar-refractivity contribution in [3.8, 4) is 17.2 Å². The van der Waals surface area contributed by atoms with Crippen molar-refractivity contribution in [2.45, 2.75) is 25.8 Å². The van der Waals surface area contributed by atoms with E-state index in [1.165, 1.54) is 0 Å². The van der Waals surface area contributed by atoms with Gasteiger partial charge in [-0.1, -0.05) is 17.7 Å². The first-order valence-electron chi connectivity index (χ1n) is 9.85. The number of ether oxygens (including phenoxy) is 3. The fourth-order valence-corrected chi connectivity index (χ4v) is 4.31. The van der Waals surface area contributed by atoms with Crippen molar-refractivity contribution in [2.75, 3.05) is 26.5 Å². The van der Waals surface area contributed by atoms with Gasteiger partial charge in [0.2, 0.25) is 6.79 Å². The van der Waals surface area contributed by atoms with Crippen molar-refractivity contribution in [1.82, 2.24) is 4.90 Å². The molecule has 2 aromatic carbocycles. The predicted molar refractivity (Wildman–Crippen MR) is 109 cm³/mol. The number of rotatable bonds is 6. The van der Waals surface area contributed by atoms with E-state index >= 15 is 0 Å². The van der Waals surface area contributed by atoms with Gasteiger partial charge in [0.15, 0.2) is 11.5 Å². The average Bonchev–Trinajstić information content (AvgIpc) is 3.18. The highest BCUT2D eigenvalue weighted by Crippen LogP contribution is 2.42. The third-order valence-corrected chi connectivity index (χ3v) is 5.68. The largest absolute Gasteiger partial charge is 0.494 e. The number of carboxylic acid groups (broad SMARTS) is 1. The third kappa shape index (κ3) is 4.14. The molecule has 2 aliphatic rings. The summed E-state index contributed by atoms with van der Waals surface area (Å²) in [6.07, 6.45) is 1.51.